The molecular formula is C88H91Cl5N6O18. The molecule has 0 saturated carbocycles. The van der Waals surface area contributed by atoms with Crippen LogP contribution in [0.25, 0.3) is 0 Å². The Morgan fingerprint density at radius 2 is 0.667 bits per heavy atom. The lowest BCUT2D eigenvalue weighted by molar-refractivity contribution is -0.142. The number of nitrogens with zero attached hydrogens (tertiary/aromatic N) is 4. The van der Waals surface area contributed by atoms with Crippen LogP contribution in [-0.2, 0) is 94.3 Å². The molecule has 5 aliphatic rings. The Morgan fingerprint density at radius 1 is 0.376 bits per heavy atom. The number of aliphatic carboxylic acids is 1. The van der Waals surface area contributed by atoms with E-state index in [1.165, 1.54) is 48.4 Å². The molecule has 5 heterocycles. The summed E-state index contributed by atoms with van der Waals surface area (Å²) in [6, 6.07) is 54.8. The molecule has 0 saturated heterocycles. The third-order valence-corrected chi connectivity index (χ3v) is 20.5. The van der Waals surface area contributed by atoms with Gasteiger partial charge in [-0.1, -0.05) is 179 Å². The first kappa shape index (κ1) is 91.7. The highest BCUT2D eigenvalue weighted by Gasteiger charge is 2.38. The predicted octanol–water partition coefficient (Wildman–Crippen LogP) is 14.1. The van der Waals surface area contributed by atoms with E-state index in [0.717, 1.165) is 38.9 Å². The maximum absolute atomic E-state index is 13.0. The summed E-state index contributed by atoms with van der Waals surface area (Å²) in [7, 11) is 8.91. The number of carboxylic acids is 1. The quantitative estimate of drug-likeness (QED) is 0.0335. The number of carboxylic acid groups (broad SMARTS) is 1. The van der Waals surface area contributed by atoms with Gasteiger partial charge in [0.1, 0.15) is 6.61 Å². The highest BCUT2D eigenvalue weighted by molar-refractivity contribution is 6.31. The van der Waals surface area contributed by atoms with Gasteiger partial charge >= 0.3 is 23.9 Å². The van der Waals surface area contributed by atoms with Crippen molar-refractivity contribution in [1.29, 1.82) is 0 Å². The van der Waals surface area contributed by atoms with Gasteiger partial charge in [0.05, 0.1) is 62.9 Å². The van der Waals surface area contributed by atoms with Gasteiger partial charge in [-0.2, -0.15) is 0 Å². The molecule has 12 rings (SSSR count). The molecule has 3 N–H and O–H groups in total. The average molecular weight is 1700 g/mol. The molecule has 6 amide bonds. The minimum Gasteiger partial charge on any atom is -0.478 e. The minimum atomic E-state index is -1.02. The molecular weight excluding hydrogens is 1610 g/mol. The van der Waals surface area contributed by atoms with Crippen LogP contribution in [0, 0.1) is 0 Å². The highest BCUT2D eigenvalue weighted by Crippen LogP contribution is 2.39. The smallest absolute Gasteiger partial charge is 0.336 e. The molecule has 7 aromatic carbocycles. The van der Waals surface area contributed by atoms with Crippen LogP contribution in [0.2, 0.25) is 25.1 Å². The Labute approximate surface area is 704 Å². The molecule has 616 valence electrons. The molecule has 0 radical (unpaired) electrons. The average Bonchev–Trinajstić information content (AvgIpc) is 0.823. The van der Waals surface area contributed by atoms with Gasteiger partial charge in [0.25, 0.3) is 0 Å². The Hall–Kier alpha value is -10.8. The normalized spacial score (nSPS) is 17.6. The Morgan fingerprint density at radius 3 is 1.00 bits per heavy atom. The summed E-state index contributed by atoms with van der Waals surface area (Å²) in [5.74, 6) is -4.62. The van der Waals surface area contributed by atoms with E-state index in [0.29, 0.717) is 107 Å². The molecule has 7 aromatic rings. The third-order valence-electron chi connectivity index (χ3n) is 19.2. The number of benzene rings is 7. The van der Waals surface area contributed by atoms with Crippen molar-refractivity contribution in [3.63, 3.8) is 0 Å². The summed E-state index contributed by atoms with van der Waals surface area (Å²) in [4.78, 5) is 128. The molecule has 0 bridgehead atoms. The maximum Gasteiger partial charge on any atom is 0.336 e. The first-order valence-corrected chi connectivity index (χ1v) is 39.0. The number of esters is 3. The largest absolute Gasteiger partial charge is 0.478 e. The number of amides is 6. The molecule has 24 nitrogen and oxygen atoms in total. The molecule has 5 atom stereocenters. The van der Waals surface area contributed by atoms with Gasteiger partial charge < -0.3 is 68.5 Å². The van der Waals surface area contributed by atoms with E-state index in [1.807, 2.05) is 109 Å². The lowest BCUT2D eigenvalue weighted by Gasteiger charge is -2.30. The molecule has 29 heteroatoms. The Balaban J connectivity index is 0.000000184. The topological polar surface area (TPSA) is 293 Å². The van der Waals surface area contributed by atoms with E-state index in [-0.39, 0.29) is 103 Å². The number of nitrogens with one attached hydrogen (secondary N) is 2. The number of carbonyl (C=O) groups excluding carboxylic acids is 9. The van der Waals surface area contributed by atoms with Gasteiger partial charge in [-0.25, -0.2) is 19.2 Å². The van der Waals surface area contributed by atoms with Crippen LogP contribution in [0.15, 0.2) is 241 Å². The van der Waals surface area contributed by atoms with E-state index in [2.05, 4.69) is 10.6 Å². The maximum atomic E-state index is 13.0. The number of ether oxygens (including phenoxy) is 7. The van der Waals surface area contributed by atoms with Crippen molar-refractivity contribution < 1.29 is 86.2 Å². The van der Waals surface area contributed by atoms with Crippen LogP contribution in [0.5, 0.6) is 0 Å². The number of hydrogen-bond donors (Lipinski definition) is 3. The van der Waals surface area contributed by atoms with Crippen LogP contribution >= 0.6 is 58.0 Å². The zero-order chi connectivity index (χ0) is 84.5. The van der Waals surface area contributed by atoms with Crippen LogP contribution in [-0.4, -0.2) is 179 Å². The number of carbonyl (C=O) groups is 10. The number of methoxy groups -OCH3 is 6. The van der Waals surface area contributed by atoms with Crippen molar-refractivity contribution >= 4 is 117 Å². The second kappa shape index (κ2) is 46.8. The lowest BCUT2D eigenvalue weighted by Crippen LogP contribution is -2.38. The fourth-order valence-corrected chi connectivity index (χ4v) is 13.6. The van der Waals surface area contributed by atoms with E-state index >= 15 is 0 Å². The lowest BCUT2D eigenvalue weighted by atomic mass is 9.85. The molecule has 5 unspecified atom stereocenters. The van der Waals surface area contributed by atoms with Crippen molar-refractivity contribution in [2.45, 2.75) is 74.8 Å². The van der Waals surface area contributed by atoms with Crippen molar-refractivity contribution in [3.8, 4) is 0 Å². The van der Waals surface area contributed by atoms with Crippen molar-refractivity contribution in [2.75, 3.05) is 95.3 Å². The van der Waals surface area contributed by atoms with E-state index in [1.54, 1.807) is 118 Å². The van der Waals surface area contributed by atoms with E-state index in [9.17, 15) is 53.1 Å². The van der Waals surface area contributed by atoms with E-state index in [4.69, 9.17) is 91.2 Å². The standard InChI is InChI=1S/C22H23ClN2O3.C22H22ClNO4.C16H18ClNO4.C15H16ClNO4.C13H12ClNO3/c1-28-12-11-25-15-20(22(27)24-14-16-5-3-2-4-6-16)19(13-21(25)26)17-7-9-18(23)10-8-17;1-27-12-11-24-14-20(22(26)28-15-16-5-3-2-4-6-16)19(13-21(24)25)17-7-9-18(23)10-8-17;1-21-8-7-18-10-14(16(20)22-2)13(9-15(18)19)11-3-5-12(17)6-4-11;1-21-7-6-17-9-13(15(19)20)12(8-14(17)18)10-2-4-11(16)5-3-10;1-18-13(17)11-7-15-12(16)6-10(11)8-2-4-9(14)5-3-8/h2-10,15,19H,11-14H2,1H3,(H,24,27);2-10,14,19H,11-13,15H2,1H3;3-6,10,13H,7-9H2,1-2H3;2-5,9,12H,6-8H2,1H3,(H,19,20);2-5,7,10H,6H2,1H3,(H,15,16). The van der Waals surface area contributed by atoms with Gasteiger partial charge in [0.15, 0.2) is 0 Å². The fourth-order valence-electron chi connectivity index (χ4n) is 13.0. The monoisotopic (exact) mass is 1690 g/mol. The van der Waals surface area contributed by atoms with Gasteiger partial charge in [-0.05, 0) is 99.6 Å². The molecule has 0 aliphatic carbocycles. The molecule has 0 fully saturated rings. The van der Waals surface area contributed by atoms with Crippen molar-refractivity contribution in [3.05, 3.63) is 305 Å². The van der Waals surface area contributed by atoms with Crippen LogP contribution in [0.3, 0.4) is 0 Å². The van der Waals surface area contributed by atoms with Gasteiger partial charge in [0.2, 0.25) is 35.4 Å². The second-order valence-corrected chi connectivity index (χ2v) is 29.1. The second-order valence-electron chi connectivity index (χ2n) is 26.9. The summed E-state index contributed by atoms with van der Waals surface area (Å²) in [6.45, 7) is 3.72. The highest BCUT2D eigenvalue weighted by atomic mass is 35.5. The molecule has 0 aromatic heterocycles. The van der Waals surface area contributed by atoms with Crippen LogP contribution in [0.1, 0.15) is 101 Å². The van der Waals surface area contributed by atoms with Crippen LogP contribution in [0.4, 0.5) is 0 Å². The first-order valence-electron chi connectivity index (χ1n) is 37.1. The number of hydrogen-bond acceptors (Lipinski definition) is 17. The molecule has 5 aliphatic heterocycles. The zero-order valence-electron chi connectivity index (χ0n) is 65.3. The summed E-state index contributed by atoms with van der Waals surface area (Å²) in [6.07, 6.45) is 8.63. The zero-order valence-corrected chi connectivity index (χ0v) is 69.0. The predicted molar refractivity (Wildman–Crippen MR) is 443 cm³/mol. The fraction of sp³-hybridized carbons (Fsp3) is 0.295. The summed E-state index contributed by atoms with van der Waals surface area (Å²) >= 11 is 29.5. The summed E-state index contributed by atoms with van der Waals surface area (Å²) in [5, 5.41) is 17.9. The van der Waals surface area contributed by atoms with Crippen molar-refractivity contribution in [1.82, 2.24) is 30.2 Å². The first-order chi connectivity index (χ1) is 56.4. The minimum absolute atomic E-state index is 0.0309. The van der Waals surface area contributed by atoms with Gasteiger partial charge in [-0.3, -0.25) is 28.8 Å². The van der Waals surface area contributed by atoms with Crippen LogP contribution < -0.4 is 10.6 Å². The SMILES string of the molecule is COC(=O)C1=CNC(=O)CC1c1ccc(Cl)cc1.COCCN1C=C(C(=O)NCc2ccccc2)C(c2ccc(Cl)cc2)CC1=O.COCCN1C=C(C(=O)O)C(c2ccc(Cl)cc2)CC1=O.COCCN1C=C(C(=O)OC)C(c2ccc(Cl)cc2)CC1=O.COCCN1C=C(C(=O)OCc2ccccc2)C(c2ccc(Cl)cc2)CC1=O. The summed E-state index contributed by atoms with van der Waals surface area (Å²) in [5.41, 5.74) is 8.29. The number of rotatable bonds is 26. The van der Waals surface area contributed by atoms with Gasteiger partial charge in [0, 0.05) is 185 Å². The molecule has 0 spiro atoms. The summed E-state index contributed by atoms with van der Waals surface area (Å²) < 4.78 is 35.2. The third kappa shape index (κ3) is 27.4. The van der Waals surface area contributed by atoms with E-state index < -0.39 is 29.8 Å². The Bertz CT molecular complexity index is 4580. The number of halogens is 5. The van der Waals surface area contributed by atoms with Gasteiger partial charge in [-0.15, -0.1) is 0 Å². The Kier molecular flexibility index (Phi) is 36.7. The molecule has 117 heavy (non-hydrogen) atoms. The van der Waals surface area contributed by atoms with Crippen molar-refractivity contribution in [2.24, 2.45) is 0 Å².